The third kappa shape index (κ3) is 6.86. The lowest BCUT2D eigenvalue weighted by Crippen LogP contribution is -2.29. The minimum atomic E-state index is -1.70. The summed E-state index contributed by atoms with van der Waals surface area (Å²) in [6.45, 7) is 5.22. The van der Waals surface area contributed by atoms with E-state index in [-0.39, 0.29) is 12.3 Å². The van der Waals surface area contributed by atoms with E-state index < -0.39 is 30.3 Å². The van der Waals surface area contributed by atoms with Gasteiger partial charge < -0.3 is 20.1 Å². The highest BCUT2D eigenvalue weighted by atomic mass is 16.6. The molecule has 0 aliphatic rings. The highest BCUT2D eigenvalue weighted by Gasteiger charge is 2.27. The Morgan fingerprint density at radius 1 is 1.15 bits per heavy atom. The number of aliphatic carboxylic acids is 1. The van der Waals surface area contributed by atoms with Crippen LogP contribution in [0.15, 0.2) is 0 Å². The zero-order chi connectivity index (χ0) is 15.7. The van der Waals surface area contributed by atoms with Crippen molar-refractivity contribution in [3.8, 4) is 0 Å². The number of hydrogen-bond donors (Lipinski definition) is 3. The normalized spacial score (nSPS) is 15.7. The zero-order valence-corrected chi connectivity index (χ0v) is 12.4. The second-order valence-corrected chi connectivity index (χ2v) is 5.05. The molecule has 0 aromatic carbocycles. The molecule has 0 aromatic heterocycles. The van der Waals surface area contributed by atoms with E-state index in [9.17, 15) is 14.7 Å². The monoisotopic (exact) mass is 290 g/mol. The fourth-order valence-corrected chi connectivity index (χ4v) is 2.19. The third-order valence-corrected chi connectivity index (χ3v) is 3.47. The van der Waals surface area contributed by atoms with Crippen molar-refractivity contribution in [1.29, 1.82) is 0 Å². The first kappa shape index (κ1) is 18.9. The quantitative estimate of drug-likeness (QED) is 0.416. The Morgan fingerprint density at radius 2 is 1.75 bits per heavy atom. The molecule has 118 valence electrons. The van der Waals surface area contributed by atoms with Gasteiger partial charge in [0, 0.05) is 6.42 Å². The number of carboxylic acids is 1. The summed E-state index contributed by atoms with van der Waals surface area (Å²) >= 11 is 0. The molecule has 6 nitrogen and oxygen atoms in total. The van der Waals surface area contributed by atoms with E-state index in [4.69, 9.17) is 14.9 Å². The van der Waals surface area contributed by atoms with Gasteiger partial charge in [-0.15, -0.1) is 0 Å². The van der Waals surface area contributed by atoms with Gasteiger partial charge in [-0.05, 0) is 25.7 Å². The molecule has 0 saturated heterocycles. The van der Waals surface area contributed by atoms with Crippen LogP contribution in [0.3, 0.4) is 0 Å². The summed E-state index contributed by atoms with van der Waals surface area (Å²) in [6.07, 6.45) is -0.104. The zero-order valence-electron chi connectivity index (χ0n) is 12.4. The molecule has 0 bridgehead atoms. The molecule has 0 fully saturated rings. The molecule has 6 heteroatoms. The van der Waals surface area contributed by atoms with E-state index in [1.165, 1.54) is 6.92 Å². The second-order valence-electron chi connectivity index (χ2n) is 5.05. The van der Waals surface area contributed by atoms with E-state index in [1.54, 1.807) is 0 Å². The Balaban J connectivity index is 4.36. The van der Waals surface area contributed by atoms with Crippen molar-refractivity contribution in [1.82, 2.24) is 0 Å². The van der Waals surface area contributed by atoms with Gasteiger partial charge in [-0.25, -0.2) is 0 Å². The lowest BCUT2D eigenvalue weighted by Gasteiger charge is -2.22. The van der Waals surface area contributed by atoms with Crippen molar-refractivity contribution in [2.24, 2.45) is 11.8 Å². The van der Waals surface area contributed by atoms with Gasteiger partial charge in [0.05, 0.1) is 5.92 Å². The van der Waals surface area contributed by atoms with Gasteiger partial charge in [0.25, 0.3) is 0 Å². The molecule has 0 rings (SSSR count). The maximum atomic E-state index is 11.5. The summed E-state index contributed by atoms with van der Waals surface area (Å²) in [5.41, 5.74) is 0. The number of carboxylic acid groups (broad SMARTS) is 1. The van der Waals surface area contributed by atoms with Crippen LogP contribution in [-0.4, -0.2) is 39.7 Å². The smallest absolute Gasteiger partial charge is 0.306 e. The van der Waals surface area contributed by atoms with Crippen molar-refractivity contribution in [3.63, 3.8) is 0 Å². The standard InChI is InChI=1S/C14H26O6/c1-4-6-11(14(18)19)10(5-2)7-8-12(15)20-9(3)13(16)17/h9-11,13,16-17H,4-8H2,1-3H3,(H,18,19). The van der Waals surface area contributed by atoms with Gasteiger partial charge in [-0.1, -0.05) is 26.7 Å². The van der Waals surface area contributed by atoms with Crippen LogP contribution in [-0.2, 0) is 14.3 Å². The highest BCUT2D eigenvalue weighted by Crippen LogP contribution is 2.26. The Hall–Kier alpha value is -1.14. The van der Waals surface area contributed by atoms with E-state index in [0.29, 0.717) is 19.3 Å². The molecule has 0 aliphatic carbocycles. The Labute approximate surface area is 119 Å². The highest BCUT2D eigenvalue weighted by molar-refractivity contribution is 5.71. The second kappa shape index (κ2) is 9.72. The maximum absolute atomic E-state index is 11.5. The molecule has 0 radical (unpaired) electrons. The number of rotatable bonds is 10. The van der Waals surface area contributed by atoms with Crippen molar-refractivity contribution < 1.29 is 29.6 Å². The molecule has 0 heterocycles. The molecular formula is C14H26O6. The summed E-state index contributed by atoms with van der Waals surface area (Å²) in [4.78, 5) is 22.8. The third-order valence-electron chi connectivity index (χ3n) is 3.47. The summed E-state index contributed by atoms with van der Waals surface area (Å²) in [7, 11) is 0. The van der Waals surface area contributed by atoms with E-state index in [2.05, 4.69) is 0 Å². The van der Waals surface area contributed by atoms with E-state index >= 15 is 0 Å². The first-order valence-electron chi connectivity index (χ1n) is 7.11. The van der Waals surface area contributed by atoms with E-state index in [0.717, 1.165) is 6.42 Å². The fraction of sp³-hybridized carbons (Fsp3) is 0.857. The van der Waals surface area contributed by atoms with Gasteiger partial charge >= 0.3 is 11.9 Å². The molecule has 0 amide bonds. The SMILES string of the molecule is CCCC(C(=O)O)C(CC)CCC(=O)OC(C)C(O)O. The number of esters is 1. The van der Waals surface area contributed by atoms with Gasteiger partial charge in [0.15, 0.2) is 6.29 Å². The van der Waals surface area contributed by atoms with Gasteiger partial charge in [-0.3, -0.25) is 9.59 Å². The minimum Gasteiger partial charge on any atom is -0.481 e. The number of carbonyl (C=O) groups excluding carboxylic acids is 1. The lowest BCUT2D eigenvalue weighted by molar-refractivity contribution is -0.172. The molecule has 0 saturated carbocycles. The van der Waals surface area contributed by atoms with E-state index in [1.807, 2.05) is 13.8 Å². The van der Waals surface area contributed by atoms with Crippen LogP contribution in [0, 0.1) is 11.8 Å². The summed E-state index contributed by atoms with van der Waals surface area (Å²) in [5.74, 6) is -1.89. The van der Waals surface area contributed by atoms with Crippen LogP contribution < -0.4 is 0 Å². The van der Waals surface area contributed by atoms with Crippen molar-refractivity contribution in [2.45, 2.75) is 65.3 Å². The van der Waals surface area contributed by atoms with Crippen LogP contribution in [0.1, 0.15) is 52.9 Å². The summed E-state index contributed by atoms with van der Waals surface area (Å²) < 4.78 is 4.82. The lowest BCUT2D eigenvalue weighted by atomic mass is 9.83. The number of carbonyl (C=O) groups is 2. The number of aliphatic hydroxyl groups excluding tert-OH is 1. The predicted octanol–water partition coefficient (Wildman–Crippen LogP) is 1.54. The molecule has 0 aliphatic heterocycles. The van der Waals surface area contributed by atoms with Gasteiger partial charge in [0.1, 0.15) is 6.10 Å². The molecular weight excluding hydrogens is 264 g/mol. The number of ether oxygens (including phenoxy) is 1. The summed E-state index contributed by atoms with van der Waals surface area (Å²) in [6, 6.07) is 0. The predicted molar refractivity (Wildman–Crippen MR) is 72.8 cm³/mol. The van der Waals surface area contributed by atoms with Gasteiger partial charge in [0.2, 0.25) is 0 Å². The van der Waals surface area contributed by atoms with Crippen LogP contribution in [0.2, 0.25) is 0 Å². The minimum absolute atomic E-state index is 0.0747. The molecule has 3 N–H and O–H groups in total. The Bertz CT molecular complexity index is 302. The summed E-state index contributed by atoms with van der Waals surface area (Å²) in [5, 5.41) is 26.9. The number of aliphatic hydroxyl groups is 2. The first-order chi connectivity index (χ1) is 9.33. The molecule has 3 atom stereocenters. The first-order valence-corrected chi connectivity index (χ1v) is 7.11. The maximum Gasteiger partial charge on any atom is 0.306 e. The van der Waals surface area contributed by atoms with Gasteiger partial charge in [-0.2, -0.15) is 0 Å². The molecule has 3 unspecified atom stereocenters. The molecule has 0 spiro atoms. The Morgan fingerprint density at radius 3 is 2.15 bits per heavy atom. The van der Waals surface area contributed by atoms with Crippen LogP contribution in [0.4, 0.5) is 0 Å². The average Bonchev–Trinajstić information content (AvgIpc) is 2.37. The topological polar surface area (TPSA) is 104 Å². The van der Waals surface area contributed by atoms with Crippen LogP contribution in [0.25, 0.3) is 0 Å². The van der Waals surface area contributed by atoms with Crippen molar-refractivity contribution >= 4 is 11.9 Å². The van der Waals surface area contributed by atoms with Crippen LogP contribution in [0.5, 0.6) is 0 Å². The molecule has 20 heavy (non-hydrogen) atoms. The molecule has 0 aromatic rings. The van der Waals surface area contributed by atoms with Crippen molar-refractivity contribution in [3.05, 3.63) is 0 Å². The largest absolute Gasteiger partial charge is 0.481 e. The van der Waals surface area contributed by atoms with Crippen molar-refractivity contribution in [2.75, 3.05) is 0 Å². The Kier molecular flexibility index (Phi) is 9.16. The number of hydrogen-bond acceptors (Lipinski definition) is 5. The fourth-order valence-electron chi connectivity index (χ4n) is 2.19. The average molecular weight is 290 g/mol. The van der Waals surface area contributed by atoms with Crippen LogP contribution >= 0.6 is 0 Å².